The largest absolute Gasteiger partial charge is 0.463 e. The van der Waals surface area contributed by atoms with Gasteiger partial charge in [0.2, 0.25) is 0 Å². The van der Waals surface area contributed by atoms with Crippen molar-refractivity contribution in [3.05, 3.63) is 60.1 Å². The van der Waals surface area contributed by atoms with Gasteiger partial charge in [0.05, 0.1) is 6.61 Å². The first kappa shape index (κ1) is 17.9. The summed E-state index contributed by atoms with van der Waals surface area (Å²) < 4.78 is 10.8. The summed E-state index contributed by atoms with van der Waals surface area (Å²) in [4.78, 5) is 15.8. The Hall–Kier alpha value is -2.88. The van der Waals surface area contributed by atoms with Gasteiger partial charge in [-0.25, -0.2) is 4.79 Å². The van der Waals surface area contributed by atoms with Crippen LogP contribution in [0.1, 0.15) is 39.0 Å². The van der Waals surface area contributed by atoms with E-state index < -0.39 is 0 Å². The second kappa shape index (κ2) is 7.16. The summed E-state index contributed by atoms with van der Waals surface area (Å²) in [6, 6.07) is 10.3. The number of fused-ring (bicyclic) bond motifs is 1. The summed E-state index contributed by atoms with van der Waals surface area (Å²) in [6.45, 7) is 8.70. The number of hydrogen-bond donors (Lipinski definition) is 0. The maximum Gasteiger partial charge on any atom is 0.330 e. The van der Waals surface area contributed by atoms with Gasteiger partial charge in [-0.05, 0) is 35.6 Å². The normalized spacial score (nSPS) is 12.0. The molecule has 1 aromatic carbocycles. The average Bonchev–Trinajstić information content (AvgIpc) is 3.02. The molecule has 3 rings (SSSR count). The molecule has 0 aliphatic rings. The molecule has 134 valence electrons. The zero-order valence-electron chi connectivity index (χ0n) is 15.6. The lowest BCUT2D eigenvalue weighted by atomic mass is 9.86. The van der Waals surface area contributed by atoms with E-state index in [0.29, 0.717) is 12.4 Å². The topological polar surface area (TPSA) is 52.3 Å². The fourth-order valence-electron chi connectivity index (χ4n) is 2.76. The number of carbonyl (C=O) groups excluding carboxylic acids is 1. The van der Waals surface area contributed by atoms with Crippen LogP contribution in [0.3, 0.4) is 0 Å². The summed E-state index contributed by atoms with van der Waals surface area (Å²) in [5, 5.41) is 0.894. The molecule has 0 amide bonds. The number of benzene rings is 1. The Morgan fingerprint density at radius 2 is 1.92 bits per heavy atom. The number of carbonyl (C=O) groups is 1. The molecular weight excluding hydrogens is 326 g/mol. The van der Waals surface area contributed by atoms with Gasteiger partial charge in [0.15, 0.2) is 0 Å². The highest BCUT2D eigenvalue weighted by atomic mass is 16.5. The van der Waals surface area contributed by atoms with Crippen LogP contribution in [-0.2, 0) is 14.9 Å². The summed E-state index contributed by atoms with van der Waals surface area (Å²) in [7, 11) is 0. The first-order chi connectivity index (χ1) is 12.4. The zero-order chi connectivity index (χ0) is 18.7. The highest BCUT2D eigenvalue weighted by Gasteiger charge is 2.15. The molecular formula is C22H23NO3. The van der Waals surface area contributed by atoms with Crippen molar-refractivity contribution in [2.45, 2.75) is 33.1 Å². The van der Waals surface area contributed by atoms with Crippen LogP contribution >= 0.6 is 0 Å². The number of furan rings is 1. The summed E-state index contributed by atoms with van der Waals surface area (Å²) in [6.07, 6.45) is 6.54. The molecule has 2 aromatic heterocycles. The number of nitrogens with zero attached hydrogens (tertiary/aromatic N) is 1. The van der Waals surface area contributed by atoms with Crippen molar-refractivity contribution in [1.29, 1.82) is 0 Å². The molecule has 4 heteroatoms. The van der Waals surface area contributed by atoms with Crippen LogP contribution in [-0.4, -0.2) is 17.6 Å². The number of hydrogen-bond acceptors (Lipinski definition) is 4. The van der Waals surface area contributed by atoms with Crippen molar-refractivity contribution in [3.8, 4) is 11.1 Å². The van der Waals surface area contributed by atoms with Crippen molar-refractivity contribution >= 4 is 23.0 Å². The molecule has 0 spiro atoms. The first-order valence-corrected chi connectivity index (χ1v) is 8.72. The average molecular weight is 349 g/mol. The number of ether oxygens (including phenoxy) is 1. The van der Waals surface area contributed by atoms with E-state index in [1.54, 1.807) is 25.4 Å². The molecule has 0 N–H and O–H groups in total. The van der Waals surface area contributed by atoms with Gasteiger partial charge in [0.25, 0.3) is 0 Å². The molecule has 26 heavy (non-hydrogen) atoms. The highest BCUT2D eigenvalue weighted by molar-refractivity contribution is 5.93. The summed E-state index contributed by atoms with van der Waals surface area (Å²) in [5.41, 5.74) is 4.12. The van der Waals surface area contributed by atoms with E-state index in [9.17, 15) is 4.79 Å². The van der Waals surface area contributed by atoms with Gasteiger partial charge in [0, 0.05) is 29.4 Å². The molecule has 0 atom stereocenters. The molecule has 0 saturated heterocycles. The van der Waals surface area contributed by atoms with Gasteiger partial charge in [-0.1, -0.05) is 45.0 Å². The van der Waals surface area contributed by atoms with Crippen molar-refractivity contribution in [2.75, 3.05) is 6.61 Å². The van der Waals surface area contributed by atoms with Crippen LogP contribution in [0.2, 0.25) is 0 Å². The second-order valence-corrected chi connectivity index (χ2v) is 7.17. The Morgan fingerprint density at radius 3 is 2.58 bits per heavy atom. The minimum Gasteiger partial charge on any atom is -0.463 e. The fraction of sp³-hybridized carbons (Fsp3) is 0.273. The van der Waals surface area contributed by atoms with Gasteiger partial charge in [0.1, 0.15) is 11.3 Å². The number of aromatic nitrogens is 1. The quantitative estimate of drug-likeness (QED) is 0.469. The van der Waals surface area contributed by atoms with E-state index in [4.69, 9.17) is 9.15 Å². The lowest BCUT2D eigenvalue weighted by Gasteiger charge is -2.19. The third-order valence-corrected chi connectivity index (χ3v) is 4.17. The van der Waals surface area contributed by atoms with Crippen molar-refractivity contribution in [2.24, 2.45) is 0 Å². The molecule has 3 aromatic rings. The van der Waals surface area contributed by atoms with Crippen molar-refractivity contribution < 1.29 is 13.9 Å². The molecule has 0 saturated carbocycles. The molecule has 0 fully saturated rings. The monoisotopic (exact) mass is 349 g/mol. The van der Waals surface area contributed by atoms with E-state index in [0.717, 1.165) is 22.1 Å². The van der Waals surface area contributed by atoms with Gasteiger partial charge in [-0.15, -0.1) is 0 Å². The summed E-state index contributed by atoms with van der Waals surface area (Å²) >= 11 is 0. The van der Waals surface area contributed by atoms with E-state index in [1.165, 1.54) is 11.6 Å². The molecule has 0 radical (unpaired) electrons. The molecule has 0 unspecified atom stereocenters. The third-order valence-electron chi connectivity index (χ3n) is 4.17. The Labute approximate surface area is 153 Å². The first-order valence-electron chi connectivity index (χ1n) is 8.72. The maximum atomic E-state index is 11.5. The molecule has 0 aliphatic carbocycles. The zero-order valence-corrected chi connectivity index (χ0v) is 15.6. The van der Waals surface area contributed by atoms with Crippen LogP contribution in [0.15, 0.2) is 53.2 Å². The van der Waals surface area contributed by atoms with Crippen LogP contribution < -0.4 is 0 Å². The smallest absolute Gasteiger partial charge is 0.330 e. The van der Waals surface area contributed by atoms with Crippen molar-refractivity contribution in [1.82, 2.24) is 4.98 Å². The van der Waals surface area contributed by atoms with Gasteiger partial charge in [-0.3, -0.25) is 4.98 Å². The lowest BCUT2D eigenvalue weighted by molar-refractivity contribution is -0.137. The molecule has 4 nitrogen and oxygen atoms in total. The van der Waals surface area contributed by atoms with Gasteiger partial charge >= 0.3 is 5.97 Å². The Balaban J connectivity index is 1.96. The van der Waals surface area contributed by atoms with Gasteiger partial charge < -0.3 is 9.15 Å². The minimum absolute atomic E-state index is 0.110. The Bertz CT molecular complexity index is 944. The predicted octanol–water partition coefficient (Wildman–Crippen LogP) is 5.37. The molecule has 0 bridgehead atoms. The van der Waals surface area contributed by atoms with E-state index in [2.05, 4.69) is 50.0 Å². The van der Waals surface area contributed by atoms with E-state index in [-0.39, 0.29) is 11.4 Å². The predicted molar refractivity (Wildman–Crippen MR) is 104 cm³/mol. The van der Waals surface area contributed by atoms with E-state index >= 15 is 0 Å². The Kier molecular flexibility index (Phi) is 4.94. The van der Waals surface area contributed by atoms with Gasteiger partial charge in [-0.2, -0.15) is 0 Å². The number of rotatable bonds is 4. The van der Waals surface area contributed by atoms with E-state index in [1.807, 2.05) is 6.07 Å². The SMILES string of the molecule is CCOC(=O)/C=C/c1cc2cncc(-c3ccc(C(C)(C)C)cc3)c2o1. The maximum absolute atomic E-state index is 11.5. The molecule has 0 aliphatic heterocycles. The van der Waals surface area contributed by atoms with Crippen LogP contribution in [0.4, 0.5) is 0 Å². The standard InChI is InChI=1S/C22H23NO3/c1-5-25-20(24)11-10-18-12-16-13-23-14-19(21(16)26-18)15-6-8-17(9-7-15)22(2,3)4/h6-14H,5H2,1-4H3/b11-10+. The highest BCUT2D eigenvalue weighted by Crippen LogP contribution is 2.32. The van der Waals surface area contributed by atoms with Crippen molar-refractivity contribution in [3.63, 3.8) is 0 Å². The minimum atomic E-state index is -0.385. The second-order valence-electron chi connectivity index (χ2n) is 7.17. The van der Waals surface area contributed by atoms with Crippen LogP contribution in [0.5, 0.6) is 0 Å². The number of esters is 1. The number of pyridine rings is 1. The fourth-order valence-corrected chi connectivity index (χ4v) is 2.76. The van der Waals surface area contributed by atoms with Crippen LogP contribution in [0.25, 0.3) is 28.2 Å². The summed E-state index contributed by atoms with van der Waals surface area (Å²) in [5.74, 6) is 0.206. The molecule has 2 heterocycles. The lowest BCUT2D eigenvalue weighted by Crippen LogP contribution is -2.10. The van der Waals surface area contributed by atoms with Crippen LogP contribution in [0, 0.1) is 0 Å². The third kappa shape index (κ3) is 3.85. The Morgan fingerprint density at radius 1 is 1.19 bits per heavy atom.